The molecule has 2 rings (SSSR count). The number of hydrogen-bond donors (Lipinski definition) is 0. The predicted octanol–water partition coefficient (Wildman–Crippen LogP) is 2.45. The maximum Gasteiger partial charge on any atom is 0.253 e. The zero-order valence-electron chi connectivity index (χ0n) is 11.8. The highest BCUT2D eigenvalue weighted by molar-refractivity contribution is 5.94. The first-order valence-corrected chi connectivity index (χ1v) is 7.11. The molecule has 0 bridgehead atoms. The lowest BCUT2D eigenvalue weighted by molar-refractivity contribution is 0.0501. The van der Waals surface area contributed by atoms with E-state index in [4.69, 9.17) is 10.00 Å². The topological polar surface area (TPSA) is 53.3 Å². The SMILES string of the molecule is CCOC[C@H]1CCCN(C(=O)c2ccc(C#N)cc2)C1. The van der Waals surface area contributed by atoms with Crippen molar-refractivity contribution in [2.45, 2.75) is 19.8 Å². The van der Waals surface area contributed by atoms with Crippen LogP contribution in [0, 0.1) is 17.2 Å². The molecule has 0 spiro atoms. The summed E-state index contributed by atoms with van der Waals surface area (Å²) in [5.74, 6) is 0.488. The number of likely N-dealkylation sites (tertiary alicyclic amines) is 1. The summed E-state index contributed by atoms with van der Waals surface area (Å²) in [5.41, 5.74) is 1.23. The van der Waals surface area contributed by atoms with Gasteiger partial charge in [0.05, 0.1) is 18.2 Å². The van der Waals surface area contributed by atoms with Gasteiger partial charge in [-0.2, -0.15) is 5.26 Å². The molecule has 4 heteroatoms. The normalized spacial score (nSPS) is 18.6. The summed E-state index contributed by atoms with van der Waals surface area (Å²) in [6, 6.07) is 8.90. The van der Waals surface area contributed by atoms with Crippen LogP contribution < -0.4 is 0 Å². The second-order valence-corrected chi connectivity index (χ2v) is 5.11. The molecule has 20 heavy (non-hydrogen) atoms. The highest BCUT2D eigenvalue weighted by atomic mass is 16.5. The standard InChI is InChI=1S/C16H20N2O2/c1-2-20-12-14-4-3-9-18(11-14)16(19)15-7-5-13(10-17)6-8-15/h5-8,14H,2-4,9,11-12H2,1H3/t14-/m0/s1. The van der Waals surface area contributed by atoms with Gasteiger partial charge in [0.15, 0.2) is 0 Å². The molecule has 1 amide bonds. The highest BCUT2D eigenvalue weighted by Gasteiger charge is 2.24. The Labute approximate surface area is 120 Å². The maximum atomic E-state index is 12.4. The Bertz CT molecular complexity index is 490. The van der Waals surface area contributed by atoms with Crippen LogP contribution in [0.3, 0.4) is 0 Å². The fraction of sp³-hybridized carbons (Fsp3) is 0.500. The van der Waals surface area contributed by atoms with E-state index in [9.17, 15) is 4.79 Å². The molecule has 1 aliphatic rings. The van der Waals surface area contributed by atoms with E-state index in [1.165, 1.54) is 0 Å². The van der Waals surface area contributed by atoms with Gasteiger partial charge in [-0.3, -0.25) is 4.79 Å². The third-order valence-electron chi connectivity index (χ3n) is 3.62. The number of carbonyl (C=O) groups excluding carboxylic acids is 1. The van der Waals surface area contributed by atoms with E-state index in [0.717, 1.165) is 39.1 Å². The van der Waals surface area contributed by atoms with Crippen molar-refractivity contribution < 1.29 is 9.53 Å². The van der Waals surface area contributed by atoms with Gasteiger partial charge in [-0.15, -0.1) is 0 Å². The van der Waals surface area contributed by atoms with Crippen LogP contribution in [0.25, 0.3) is 0 Å². The first kappa shape index (κ1) is 14.5. The van der Waals surface area contributed by atoms with E-state index in [0.29, 0.717) is 17.0 Å². The average molecular weight is 272 g/mol. The van der Waals surface area contributed by atoms with E-state index in [2.05, 4.69) is 6.07 Å². The van der Waals surface area contributed by atoms with Crippen LogP contribution in [0.5, 0.6) is 0 Å². The number of amides is 1. The minimum atomic E-state index is 0.0516. The Hall–Kier alpha value is -1.86. The second-order valence-electron chi connectivity index (χ2n) is 5.11. The zero-order valence-corrected chi connectivity index (χ0v) is 11.8. The smallest absolute Gasteiger partial charge is 0.253 e. The van der Waals surface area contributed by atoms with E-state index < -0.39 is 0 Å². The number of hydrogen-bond acceptors (Lipinski definition) is 3. The van der Waals surface area contributed by atoms with Crippen molar-refractivity contribution in [3.8, 4) is 6.07 Å². The molecular weight excluding hydrogens is 252 g/mol. The van der Waals surface area contributed by atoms with Crippen LogP contribution in [0.4, 0.5) is 0 Å². The van der Waals surface area contributed by atoms with Crippen LogP contribution in [0.2, 0.25) is 0 Å². The quantitative estimate of drug-likeness (QED) is 0.846. The van der Waals surface area contributed by atoms with Crippen molar-refractivity contribution in [2.24, 2.45) is 5.92 Å². The fourth-order valence-electron chi connectivity index (χ4n) is 2.54. The van der Waals surface area contributed by atoms with E-state index in [1.807, 2.05) is 11.8 Å². The summed E-state index contributed by atoms with van der Waals surface area (Å²) in [5, 5.41) is 8.77. The Balaban J connectivity index is 1.98. The molecule has 1 aromatic carbocycles. The van der Waals surface area contributed by atoms with Crippen LogP contribution in [-0.2, 0) is 4.74 Å². The first-order chi connectivity index (χ1) is 9.74. The Morgan fingerprint density at radius 1 is 1.45 bits per heavy atom. The summed E-state index contributed by atoms with van der Waals surface area (Å²) in [7, 11) is 0. The van der Waals surface area contributed by atoms with Gasteiger partial charge >= 0.3 is 0 Å². The van der Waals surface area contributed by atoms with E-state index in [1.54, 1.807) is 24.3 Å². The van der Waals surface area contributed by atoms with Crippen molar-refractivity contribution in [3.63, 3.8) is 0 Å². The van der Waals surface area contributed by atoms with Gasteiger partial charge in [-0.25, -0.2) is 0 Å². The number of piperidine rings is 1. The fourth-order valence-corrected chi connectivity index (χ4v) is 2.54. The molecule has 0 N–H and O–H groups in total. The summed E-state index contributed by atoms with van der Waals surface area (Å²) < 4.78 is 5.46. The molecule has 4 nitrogen and oxygen atoms in total. The minimum Gasteiger partial charge on any atom is -0.381 e. The highest BCUT2D eigenvalue weighted by Crippen LogP contribution is 2.19. The second kappa shape index (κ2) is 7.06. The predicted molar refractivity (Wildman–Crippen MR) is 76.3 cm³/mol. The third kappa shape index (κ3) is 3.58. The van der Waals surface area contributed by atoms with Crippen molar-refractivity contribution in [2.75, 3.05) is 26.3 Å². The molecule has 0 unspecified atom stereocenters. The molecule has 0 aromatic heterocycles. The number of rotatable bonds is 4. The summed E-state index contributed by atoms with van der Waals surface area (Å²) >= 11 is 0. The monoisotopic (exact) mass is 272 g/mol. The van der Waals surface area contributed by atoms with Crippen LogP contribution in [-0.4, -0.2) is 37.1 Å². The number of carbonyl (C=O) groups is 1. The van der Waals surface area contributed by atoms with E-state index in [-0.39, 0.29) is 5.91 Å². The van der Waals surface area contributed by atoms with Crippen molar-refractivity contribution in [3.05, 3.63) is 35.4 Å². The molecule has 1 fully saturated rings. The lowest BCUT2D eigenvalue weighted by Gasteiger charge is -2.32. The summed E-state index contributed by atoms with van der Waals surface area (Å²) in [6.07, 6.45) is 2.15. The molecule has 1 saturated heterocycles. The molecule has 106 valence electrons. The molecule has 1 aromatic rings. The lowest BCUT2D eigenvalue weighted by Crippen LogP contribution is -2.41. The Kier molecular flexibility index (Phi) is 5.14. The maximum absolute atomic E-state index is 12.4. The van der Waals surface area contributed by atoms with Gasteiger partial charge in [-0.05, 0) is 49.9 Å². The molecule has 1 atom stereocenters. The van der Waals surface area contributed by atoms with Gasteiger partial charge in [-0.1, -0.05) is 0 Å². The summed E-state index contributed by atoms with van der Waals surface area (Å²) in [6.45, 7) is 5.01. The number of nitrogens with zero attached hydrogens (tertiary/aromatic N) is 2. The van der Waals surface area contributed by atoms with Crippen molar-refractivity contribution in [1.82, 2.24) is 4.90 Å². The Morgan fingerprint density at radius 2 is 2.20 bits per heavy atom. The molecule has 1 heterocycles. The first-order valence-electron chi connectivity index (χ1n) is 7.11. The summed E-state index contributed by atoms with van der Waals surface area (Å²) in [4.78, 5) is 14.3. The van der Waals surface area contributed by atoms with Crippen LogP contribution in [0.1, 0.15) is 35.7 Å². The zero-order chi connectivity index (χ0) is 14.4. The molecule has 0 saturated carbocycles. The van der Waals surface area contributed by atoms with Crippen LogP contribution >= 0.6 is 0 Å². The van der Waals surface area contributed by atoms with Crippen molar-refractivity contribution in [1.29, 1.82) is 5.26 Å². The van der Waals surface area contributed by atoms with Gasteiger partial charge in [0.2, 0.25) is 0 Å². The molecule has 0 aliphatic carbocycles. The minimum absolute atomic E-state index is 0.0516. The average Bonchev–Trinajstić information content (AvgIpc) is 2.52. The molecule has 0 radical (unpaired) electrons. The van der Waals surface area contributed by atoms with Gasteiger partial charge in [0.25, 0.3) is 5.91 Å². The van der Waals surface area contributed by atoms with Gasteiger partial charge in [0.1, 0.15) is 0 Å². The Morgan fingerprint density at radius 3 is 2.85 bits per heavy atom. The van der Waals surface area contributed by atoms with E-state index >= 15 is 0 Å². The van der Waals surface area contributed by atoms with Gasteiger partial charge in [0, 0.05) is 25.3 Å². The van der Waals surface area contributed by atoms with Crippen LogP contribution in [0.15, 0.2) is 24.3 Å². The van der Waals surface area contributed by atoms with Crippen molar-refractivity contribution >= 4 is 5.91 Å². The lowest BCUT2D eigenvalue weighted by atomic mass is 9.98. The largest absolute Gasteiger partial charge is 0.381 e. The molecular formula is C16H20N2O2. The number of ether oxygens (including phenoxy) is 1. The number of benzene rings is 1. The number of nitriles is 1. The molecule has 1 aliphatic heterocycles. The third-order valence-corrected chi connectivity index (χ3v) is 3.62. The van der Waals surface area contributed by atoms with Gasteiger partial charge < -0.3 is 9.64 Å².